The number of hydrogen-bond acceptors (Lipinski definition) is 2. The second-order valence-electron chi connectivity index (χ2n) is 5.74. The Morgan fingerprint density at radius 2 is 1.87 bits per heavy atom. The minimum atomic E-state index is -0.0717. The van der Waals surface area contributed by atoms with Crippen LogP contribution in [0.4, 0.5) is 4.79 Å². The first-order valence-corrected chi connectivity index (χ1v) is 8.10. The largest absolute Gasteiger partial charge is 0.337 e. The van der Waals surface area contributed by atoms with Gasteiger partial charge in [-0.2, -0.15) is 0 Å². The molecule has 0 saturated heterocycles. The fraction of sp³-hybridized carbons (Fsp3) is 0.368. The van der Waals surface area contributed by atoms with Gasteiger partial charge in [0, 0.05) is 25.7 Å². The Balaban J connectivity index is 1.93. The van der Waals surface area contributed by atoms with Gasteiger partial charge in [0.1, 0.15) is 0 Å². The molecule has 122 valence electrons. The highest BCUT2D eigenvalue weighted by molar-refractivity contribution is 5.74. The molecule has 2 unspecified atom stereocenters. The standard InChI is InChI=1S/C19H25N3O/c1-4-16(17-10-6-5-7-11-17)14-21-19(23)22(3)15(2)18-12-8-9-13-20-18/h5-13,15-16H,4,14H2,1-3H3,(H,21,23). The summed E-state index contributed by atoms with van der Waals surface area (Å²) in [6.45, 7) is 4.76. The Morgan fingerprint density at radius 1 is 1.17 bits per heavy atom. The molecule has 0 aliphatic rings. The van der Waals surface area contributed by atoms with Gasteiger partial charge in [0.15, 0.2) is 0 Å². The van der Waals surface area contributed by atoms with Gasteiger partial charge in [-0.1, -0.05) is 43.3 Å². The lowest BCUT2D eigenvalue weighted by molar-refractivity contribution is 0.192. The summed E-state index contributed by atoms with van der Waals surface area (Å²) in [4.78, 5) is 18.4. The number of nitrogens with zero attached hydrogens (tertiary/aromatic N) is 2. The third-order valence-electron chi connectivity index (χ3n) is 4.28. The molecule has 0 radical (unpaired) electrons. The average Bonchev–Trinajstić information content (AvgIpc) is 2.62. The molecule has 2 amide bonds. The second-order valence-corrected chi connectivity index (χ2v) is 5.74. The van der Waals surface area contributed by atoms with E-state index in [-0.39, 0.29) is 12.1 Å². The van der Waals surface area contributed by atoms with Crippen molar-refractivity contribution in [1.29, 1.82) is 0 Å². The number of carbonyl (C=O) groups excluding carboxylic acids is 1. The molecule has 1 heterocycles. The van der Waals surface area contributed by atoms with E-state index in [1.54, 1.807) is 18.1 Å². The molecule has 0 spiro atoms. The molecule has 23 heavy (non-hydrogen) atoms. The molecule has 1 N–H and O–H groups in total. The van der Waals surface area contributed by atoms with Gasteiger partial charge in [-0.15, -0.1) is 0 Å². The molecule has 1 aromatic heterocycles. The molecule has 2 rings (SSSR count). The number of nitrogens with one attached hydrogen (secondary N) is 1. The van der Waals surface area contributed by atoms with Crippen molar-refractivity contribution in [2.24, 2.45) is 0 Å². The van der Waals surface area contributed by atoms with Crippen molar-refractivity contribution in [3.05, 3.63) is 66.0 Å². The lowest BCUT2D eigenvalue weighted by Gasteiger charge is -2.26. The van der Waals surface area contributed by atoms with Crippen LogP contribution in [0.2, 0.25) is 0 Å². The molecule has 0 fully saturated rings. The van der Waals surface area contributed by atoms with Crippen molar-refractivity contribution >= 4 is 6.03 Å². The van der Waals surface area contributed by atoms with Crippen LogP contribution in [0.3, 0.4) is 0 Å². The van der Waals surface area contributed by atoms with Gasteiger partial charge in [0.25, 0.3) is 0 Å². The SMILES string of the molecule is CCC(CNC(=O)N(C)C(C)c1ccccn1)c1ccccc1. The van der Waals surface area contributed by atoms with E-state index in [0.29, 0.717) is 12.5 Å². The first-order valence-electron chi connectivity index (χ1n) is 8.10. The maximum absolute atomic E-state index is 12.4. The highest BCUT2D eigenvalue weighted by Gasteiger charge is 2.19. The maximum Gasteiger partial charge on any atom is 0.317 e. The summed E-state index contributed by atoms with van der Waals surface area (Å²) in [6, 6.07) is 15.9. The molecule has 4 nitrogen and oxygen atoms in total. The highest BCUT2D eigenvalue weighted by Crippen LogP contribution is 2.19. The van der Waals surface area contributed by atoms with Crippen LogP contribution in [0, 0.1) is 0 Å². The molecule has 1 aromatic carbocycles. The number of amides is 2. The molecule has 0 bridgehead atoms. The number of pyridine rings is 1. The zero-order chi connectivity index (χ0) is 16.7. The van der Waals surface area contributed by atoms with Crippen LogP contribution in [0.5, 0.6) is 0 Å². The Labute approximate surface area is 138 Å². The second kappa shape index (κ2) is 8.32. The minimum absolute atomic E-state index is 0.0620. The van der Waals surface area contributed by atoms with Crippen molar-refractivity contribution in [2.75, 3.05) is 13.6 Å². The third-order valence-corrected chi connectivity index (χ3v) is 4.28. The number of hydrogen-bond donors (Lipinski definition) is 1. The van der Waals surface area contributed by atoms with Crippen LogP contribution in [0.15, 0.2) is 54.7 Å². The summed E-state index contributed by atoms with van der Waals surface area (Å²) in [5.41, 5.74) is 2.15. The van der Waals surface area contributed by atoms with Crippen LogP contribution in [0.1, 0.15) is 43.5 Å². The van der Waals surface area contributed by atoms with E-state index in [4.69, 9.17) is 0 Å². The van der Waals surface area contributed by atoms with Crippen LogP contribution >= 0.6 is 0 Å². The fourth-order valence-electron chi connectivity index (χ4n) is 2.56. The molecule has 0 saturated carbocycles. The van der Waals surface area contributed by atoms with Crippen LogP contribution < -0.4 is 5.32 Å². The van der Waals surface area contributed by atoms with Crippen LogP contribution in [-0.4, -0.2) is 29.5 Å². The fourth-order valence-corrected chi connectivity index (χ4v) is 2.56. The van der Waals surface area contributed by atoms with E-state index in [2.05, 4.69) is 29.4 Å². The predicted octanol–water partition coefficient (Wildman–Crippen LogP) is 3.98. The Bertz CT molecular complexity index is 601. The Morgan fingerprint density at radius 3 is 2.48 bits per heavy atom. The van der Waals surface area contributed by atoms with Gasteiger partial charge in [-0.05, 0) is 31.0 Å². The molecule has 0 aliphatic heterocycles. The molecular weight excluding hydrogens is 286 g/mol. The van der Waals surface area contributed by atoms with E-state index in [1.165, 1.54) is 5.56 Å². The van der Waals surface area contributed by atoms with E-state index >= 15 is 0 Å². The van der Waals surface area contributed by atoms with Crippen molar-refractivity contribution in [3.8, 4) is 0 Å². The Hall–Kier alpha value is -2.36. The zero-order valence-electron chi connectivity index (χ0n) is 14.1. The van der Waals surface area contributed by atoms with Gasteiger partial charge >= 0.3 is 6.03 Å². The number of aromatic nitrogens is 1. The summed E-state index contributed by atoms with van der Waals surface area (Å²) in [5, 5.41) is 3.04. The summed E-state index contributed by atoms with van der Waals surface area (Å²) in [7, 11) is 1.80. The predicted molar refractivity (Wildman–Crippen MR) is 93.3 cm³/mol. The van der Waals surface area contributed by atoms with Crippen LogP contribution in [0.25, 0.3) is 0 Å². The number of carbonyl (C=O) groups is 1. The van der Waals surface area contributed by atoms with Gasteiger partial charge in [0.2, 0.25) is 0 Å². The topological polar surface area (TPSA) is 45.2 Å². The van der Waals surface area contributed by atoms with Crippen molar-refractivity contribution < 1.29 is 4.79 Å². The van der Waals surface area contributed by atoms with Crippen molar-refractivity contribution in [3.63, 3.8) is 0 Å². The number of benzene rings is 1. The normalized spacial score (nSPS) is 13.2. The maximum atomic E-state index is 12.4. The summed E-state index contributed by atoms with van der Waals surface area (Å²) < 4.78 is 0. The smallest absolute Gasteiger partial charge is 0.317 e. The van der Waals surface area contributed by atoms with Gasteiger partial charge in [-0.3, -0.25) is 4.98 Å². The third kappa shape index (κ3) is 4.55. The highest BCUT2D eigenvalue weighted by atomic mass is 16.2. The molecule has 2 aromatic rings. The monoisotopic (exact) mass is 311 g/mol. The number of rotatable bonds is 6. The lowest BCUT2D eigenvalue weighted by atomic mass is 9.97. The molecule has 4 heteroatoms. The number of urea groups is 1. The zero-order valence-corrected chi connectivity index (χ0v) is 14.1. The summed E-state index contributed by atoms with van der Waals surface area (Å²) in [5.74, 6) is 0.332. The van der Waals surface area contributed by atoms with E-state index < -0.39 is 0 Å². The quantitative estimate of drug-likeness (QED) is 0.877. The first kappa shape index (κ1) is 17.0. The average molecular weight is 311 g/mol. The van der Waals surface area contributed by atoms with E-state index in [9.17, 15) is 4.79 Å². The van der Waals surface area contributed by atoms with Gasteiger partial charge in [0.05, 0.1) is 11.7 Å². The molecule has 2 atom stereocenters. The Kier molecular flexibility index (Phi) is 6.15. The van der Waals surface area contributed by atoms with E-state index in [0.717, 1.165) is 12.1 Å². The summed E-state index contributed by atoms with van der Waals surface area (Å²) in [6.07, 6.45) is 2.74. The summed E-state index contributed by atoms with van der Waals surface area (Å²) >= 11 is 0. The van der Waals surface area contributed by atoms with E-state index in [1.807, 2.05) is 43.3 Å². The van der Waals surface area contributed by atoms with Crippen molar-refractivity contribution in [1.82, 2.24) is 15.2 Å². The molecular formula is C19H25N3O. The first-order chi connectivity index (χ1) is 11.1. The molecule has 0 aliphatic carbocycles. The van der Waals surface area contributed by atoms with Crippen LogP contribution in [-0.2, 0) is 0 Å². The minimum Gasteiger partial charge on any atom is -0.337 e. The van der Waals surface area contributed by atoms with Gasteiger partial charge < -0.3 is 10.2 Å². The van der Waals surface area contributed by atoms with Crippen molar-refractivity contribution in [2.45, 2.75) is 32.2 Å². The van der Waals surface area contributed by atoms with Gasteiger partial charge in [-0.25, -0.2) is 4.79 Å². The lowest BCUT2D eigenvalue weighted by Crippen LogP contribution is -2.40.